The summed E-state index contributed by atoms with van der Waals surface area (Å²) in [4.78, 5) is 2.75. The molecule has 1 heterocycles. The fraction of sp³-hybridized carbons (Fsp3) is 0.471. The van der Waals surface area contributed by atoms with Crippen molar-refractivity contribution in [2.24, 2.45) is 5.73 Å². The molecule has 0 bridgehead atoms. The van der Waals surface area contributed by atoms with Gasteiger partial charge in [-0.3, -0.25) is 10.3 Å². The minimum atomic E-state index is -3.75. The third-order valence-electron chi connectivity index (χ3n) is 4.11. The molecule has 126 valence electrons. The van der Waals surface area contributed by atoms with Gasteiger partial charge in [-0.05, 0) is 31.9 Å². The van der Waals surface area contributed by atoms with E-state index in [0.717, 1.165) is 24.6 Å². The molecular formula is C17H25N3O2S. The number of rotatable bonds is 7. The van der Waals surface area contributed by atoms with E-state index in [2.05, 4.69) is 17.2 Å². The van der Waals surface area contributed by atoms with Crippen molar-refractivity contribution in [1.82, 2.24) is 10.3 Å². The number of nitrogens with two attached hydrogens (primary N) is 1. The van der Waals surface area contributed by atoms with Crippen molar-refractivity contribution in [1.29, 1.82) is 0 Å². The molecule has 0 spiro atoms. The molecule has 2 atom stereocenters. The maximum absolute atomic E-state index is 13.1. The van der Waals surface area contributed by atoms with Crippen LogP contribution in [0.5, 0.6) is 0 Å². The van der Waals surface area contributed by atoms with Crippen molar-refractivity contribution in [2.45, 2.75) is 56.0 Å². The summed E-state index contributed by atoms with van der Waals surface area (Å²) in [5, 5.41) is 4.55. The van der Waals surface area contributed by atoms with Gasteiger partial charge in [-0.2, -0.15) is 0 Å². The second-order valence-electron chi connectivity index (χ2n) is 6.00. The Morgan fingerprint density at radius 2 is 2.04 bits per heavy atom. The van der Waals surface area contributed by atoms with Gasteiger partial charge < -0.3 is 5.73 Å². The molecule has 2 aromatic rings. The minimum Gasteiger partial charge on any atom is -0.300 e. The fourth-order valence-electron chi connectivity index (χ4n) is 2.77. The van der Waals surface area contributed by atoms with E-state index in [1.165, 1.54) is 6.92 Å². The lowest BCUT2D eigenvalue weighted by Gasteiger charge is -2.31. The Morgan fingerprint density at radius 1 is 1.30 bits per heavy atom. The summed E-state index contributed by atoms with van der Waals surface area (Å²) < 4.78 is 26.2. The van der Waals surface area contributed by atoms with Crippen LogP contribution in [0.1, 0.15) is 40.0 Å². The zero-order chi connectivity index (χ0) is 17.1. The van der Waals surface area contributed by atoms with Crippen LogP contribution in [0.4, 0.5) is 0 Å². The zero-order valence-electron chi connectivity index (χ0n) is 13.9. The highest BCUT2D eigenvalue weighted by atomic mass is 32.2. The number of hydrogen-bond donors (Lipinski definition) is 2. The summed E-state index contributed by atoms with van der Waals surface area (Å²) in [6.45, 7) is 5.63. The smallest absolute Gasteiger partial charge is 0.210 e. The van der Waals surface area contributed by atoms with Crippen LogP contribution in [0.3, 0.4) is 0 Å². The molecule has 5 nitrogen and oxygen atoms in total. The summed E-state index contributed by atoms with van der Waals surface area (Å²) >= 11 is 0. The van der Waals surface area contributed by atoms with E-state index >= 15 is 0 Å². The monoisotopic (exact) mass is 335 g/mol. The molecule has 0 aliphatic carbocycles. The second kappa shape index (κ2) is 6.95. The van der Waals surface area contributed by atoms with Crippen LogP contribution in [-0.2, 0) is 9.84 Å². The second-order valence-corrected chi connectivity index (χ2v) is 8.30. The highest BCUT2D eigenvalue weighted by molar-refractivity contribution is 7.93. The highest BCUT2D eigenvalue weighted by Gasteiger charge is 2.38. The largest absolute Gasteiger partial charge is 0.300 e. The normalized spacial score (nSPS) is 16.2. The molecule has 0 aliphatic rings. The Bertz CT molecular complexity index is 767. The Balaban J connectivity index is 2.47. The highest BCUT2D eigenvalue weighted by Crippen LogP contribution is 2.28. The van der Waals surface area contributed by atoms with Gasteiger partial charge in [0.25, 0.3) is 0 Å². The Morgan fingerprint density at radius 3 is 2.70 bits per heavy atom. The van der Waals surface area contributed by atoms with Crippen molar-refractivity contribution >= 4 is 20.6 Å². The Labute approximate surface area is 138 Å². The number of nitrogens with zero attached hydrogens (tertiary/aromatic N) is 1. The molecule has 1 aromatic heterocycles. The van der Waals surface area contributed by atoms with Crippen LogP contribution >= 0.6 is 0 Å². The maximum Gasteiger partial charge on any atom is 0.210 e. The van der Waals surface area contributed by atoms with E-state index in [0.29, 0.717) is 5.39 Å². The van der Waals surface area contributed by atoms with Crippen LogP contribution in [0.2, 0.25) is 0 Å². The van der Waals surface area contributed by atoms with Crippen LogP contribution in [0.15, 0.2) is 41.6 Å². The van der Waals surface area contributed by atoms with Crippen molar-refractivity contribution in [3.63, 3.8) is 0 Å². The van der Waals surface area contributed by atoms with E-state index < -0.39 is 14.8 Å². The molecule has 2 rings (SSSR count). The lowest BCUT2D eigenvalue weighted by molar-refractivity contribution is 0.372. The summed E-state index contributed by atoms with van der Waals surface area (Å²) in [5.41, 5.74) is 6.21. The van der Waals surface area contributed by atoms with Gasteiger partial charge in [0.15, 0.2) is 4.99 Å². The molecule has 3 N–H and O–H groups in total. The number of sulfone groups is 1. The van der Waals surface area contributed by atoms with E-state index in [1.807, 2.05) is 13.0 Å². The van der Waals surface area contributed by atoms with Crippen LogP contribution in [0, 0.1) is 0 Å². The van der Waals surface area contributed by atoms with E-state index in [4.69, 9.17) is 5.73 Å². The van der Waals surface area contributed by atoms with Crippen molar-refractivity contribution < 1.29 is 8.42 Å². The molecule has 0 saturated heterocycles. The molecule has 1 aromatic carbocycles. The van der Waals surface area contributed by atoms with Crippen LogP contribution < -0.4 is 11.1 Å². The van der Waals surface area contributed by atoms with Gasteiger partial charge >= 0.3 is 0 Å². The van der Waals surface area contributed by atoms with Gasteiger partial charge in [-0.1, -0.05) is 32.4 Å². The predicted octanol–water partition coefficient (Wildman–Crippen LogP) is 2.81. The number of hydrogen-bond acceptors (Lipinski definition) is 5. The summed E-state index contributed by atoms with van der Waals surface area (Å²) in [6.07, 6.45) is 5.94. The predicted molar refractivity (Wildman–Crippen MR) is 93.6 cm³/mol. The Kier molecular flexibility index (Phi) is 5.39. The summed E-state index contributed by atoms with van der Waals surface area (Å²) in [7, 11) is -3.75. The van der Waals surface area contributed by atoms with E-state index in [1.54, 1.807) is 30.6 Å². The first-order valence-electron chi connectivity index (χ1n) is 7.97. The molecule has 0 radical (unpaired) electrons. The van der Waals surface area contributed by atoms with Crippen LogP contribution in [-0.4, -0.2) is 24.4 Å². The van der Waals surface area contributed by atoms with Crippen molar-refractivity contribution in [3.05, 3.63) is 36.7 Å². The average Bonchev–Trinajstić information content (AvgIpc) is 2.53. The van der Waals surface area contributed by atoms with Crippen molar-refractivity contribution in [2.75, 3.05) is 0 Å². The van der Waals surface area contributed by atoms with E-state index in [9.17, 15) is 8.42 Å². The molecule has 0 saturated carbocycles. The van der Waals surface area contributed by atoms with Crippen LogP contribution in [0.25, 0.3) is 10.8 Å². The number of benzene rings is 1. The third-order valence-corrected chi connectivity index (χ3v) is 6.28. The van der Waals surface area contributed by atoms with Gasteiger partial charge in [-0.25, -0.2) is 8.42 Å². The van der Waals surface area contributed by atoms with Crippen molar-refractivity contribution in [3.8, 4) is 0 Å². The Hall–Kier alpha value is -1.50. The number of fused-ring (bicyclic) bond motifs is 1. The van der Waals surface area contributed by atoms with Gasteiger partial charge in [0.2, 0.25) is 9.84 Å². The first-order chi connectivity index (χ1) is 10.8. The fourth-order valence-corrected chi connectivity index (χ4v) is 4.28. The lowest BCUT2D eigenvalue weighted by atomic mass is 10.1. The summed E-state index contributed by atoms with van der Waals surface area (Å²) in [6, 6.07) is 6.94. The maximum atomic E-state index is 13.1. The standard InChI is InChI=1S/C17H25N3O2S/c1-4-7-14(5-2)20-17(3,18)23(21,22)16-9-6-8-13-12-19-11-10-15(13)16/h6,8-12,14,20H,4-5,7,18H2,1-3H3. The molecule has 0 fully saturated rings. The number of pyridine rings is 1. The molecule has 0 aliphatic heterocycles. The number of nitrogens with one attached hydrogen (secondary N) is 1. The van der Waals surface area contributed by atoms with Gasteiger partial charge in [0.05, 0.1) is 4.90 Å². The van der Waals surface area contributed by atoms with E-state index in [-0.39, 0.29) is 10.9 Å². The average molecular weight is 335 g/mol. The minimum absolute atomic E-state index is 0.0708. The first kappa shape index (κ1) is 17.8. The third kappa shape index (κ3) is 3.54. The van der Waals surface area contributed by atoms with Gasteiger partial charge in [-0.15, -0.1) is 0 Å². The molecule has 23 heavy (non-hydrogen) atoms. The van der Waals surface area contributed by atoms with Gasteiger partial charge in [0, 0.05) is 29.2 Å². The zero-order valence-corrected chi connectivity index (χ0v) is 14.7. The van der Waals surface area contributed by atoms with Gasteiger partial charge in [0.1, 0.15) is 0 Å². The topological polar surface area (TPSA) is 85.1 Å². The molecular weight excluding hydrogens is 310 g/mol. The molecule has 2 unspecified atom stereocenters. The SMILES string of the molecule is CCCC(CC)NC(C)(N)S(=O)(=O)c1cccc2cnccc12. The lowest BCUT2D eigenvalue weighted by Crippen LogP contribution is -2.60. The summed E-state index contributed by atoms with van der Waals surface area (Å²) in [5.74, 6) is 0. The number of aromatic nitrogens is 1. The first-order valence-corrected chi connectivity index (χ1v) is 9.45. The molecule has 0 amide bonds. The molecule has 6 heteroatoms. The quantitative estimate of drug-likeness (QED) is 0.760.